The Kier molecular flexibility index (Phi) is 2.42. The molecular formula is C9H9NO2S. The first kappa shape index (κ1) is 8.47. The lowest BCUT2D eigenvalue weighted by molar-refractivity contribution is 0.174. The van der Waals surface area contributed by atoms with Crippen molar-refractivity contribution in [3.63, 3.8) is 0 Å². The molecule has 0 bridgehead atoms. The highest BCUT2D eigenvalue weighted by Gasteiger charge is 2.11. The summed E-state index contributed by atoms with van der Waals surface area (Å²) in [5, 5.41) is 9.69. The Morgan fingerprint density at radius 2 is 2.54 bits per heavy atom. The fraction of sp³-hybridized carbons (Fsp3) is 0.222. The first-order valence-electron chi connectivity index (χ1n) is 3.95. The fourth-order valence-electron chi connectivity index (χ4n) is 1.11. The lowest BCUT2D eigenvalue weighted by Gasteiger charge is -2.04. The first-order chi connectivity index (χ1) is 6.36. The third-order valence-corrected chi connectivity index (χ3v) is 2.63. The van der Waals surface area contributed by atoms with E-state index < -0.39 is 6.10 Å². The van der Waals surface area contributed by atoms with Gasteiger partial charge in [-0.15, -0.1) is 11.3 Å². The summed E-state index contributed by atoms with van der Waals surface area (Å²) < 4.78 is 5.13. The summed E-state index contributed by atoms with van der Waals surface area (Å²) in [6, 6.07) is 3.67. The number of thiazole rings is 1. The van der Waals surface area contributed by atoms with Crippen molar-refractivity contribution >= 4 is 11.3 Å². The van der Waals surface area contributed by atoms with E-state index in [1.165, 1.54) is 11.3 Å². The maximum atomic E-state index is 9.69. The molecule has 1 atom stereocenters. The normalized spacial score (nSPS) is 13.0. The van der Waals surface area contributed by atoms with Crippen LogP contribution in [-0.2, 0) is 6.42 Å². The van der Waals surface area contributed by atoms with Crippen molar-refractivity contribution < 1.29 is 9.52 Å². The molecular weight excluding hydrogens is 186 g/mol. The summed E-state index contributed by atoms with van der Waals surface area (Å²) in [5.74, 6) is 0.793. The van der Waals surface area contributed by atoms with Crippen molar-refractivity contribution in [3.8, 4) is 0 Å². The zero-order valence-corrected chi connectivity index (χ0v) is 7.70. The maximum Gasteiger partial charge on any atom is 0.106 e. The molecule has 0 saturated heterocycles. The number of aliphatic hydroxyl groups excluding tert-OH is 1. The first-order valence-corrected chi connectivity index (χ1v) is 4.83. The molecule has 4 heteroatoms. The van der Waals surface area contributed by atoms with Crippen LogP contribution in [0.3, 0.4) is 0 Å². The van der Waals surface area contributed by atoms with Crippen LogP contribution in [0.5, 0.6) is 0 Å². The summed E-state index contributed by atoms with van der Waals surface area (Å²) in [4.78, 5) is 4.77. The van der Waals surface area contributed by atoms with Crippen molar-refractivity contribution in [3.05, 3.63) is 40.7 Å². The lowest BCUT2D eigenvalue weighted by Crippen LogP contribution is -1.98. The van der Waals surface area contributed by atoms with Gasteiger partial charge < -0.3 is 9.52 Å². The van der Waals surface area contributed by atoms with Crippen LogP contribution in [0.2, 0.25) is 0 Å². The Hall–Kier alpha value is -1.13. The van der Waals surface area contributed by atoms with E-state index in [9.17, 15) is 5.11 Å². The second kappa shape index (κ2) is 3.72. The zero-order chi connectivity index (χ0) is 9.10. The molecule has 0 spiro atoms. The molecule has 2 aromatic heterocycles. The number of rotatable bonds is 3. The predicted octanol–water partition coefficient (Wildman–Crippen LogP) is 2.01. The van der Waals surface area contributed by atoms with Crippen LogP contribution < -0.4 is 0 Å². The number of hydrogen-bond donors (Lipinski definition) is 1. The number of furan rings is 1. The van der Waals surface area contributed by atoms with Gasteiger partial charge in [-0.05, 0) is 12.1 Å². The average Bonchev–Trinajstić information content (AvgIpc) is 2.74. The fourth-order valence-corrected chi connectivity index (χ4v) is 1.72. The van der Waals surface area contributed by atoms with Crippen molar-refractivity contribution in [1.29, 1.82) is 0 Å². The Morgan fingerprint density at radius 1 is 1.62 bits per heavy atom. The van der Waals surface area contributed by atoms with Crippen LogP contribution in [-0.4, -0.2) is 10.1 Å². The molecule has 0 amide bonds. The molecule has 0 fully saturated rings. The molecule has 13 heavy (non-hydrogen) atoms. The third kappa shape index (κ3) is 1.96. The predicted molar refractivity (Wildman–Crippen MR) is 49.5 cm³/mol. The largest absolute Gasteiger partial charge is 0.469 e. The molecule has 0 aliphatic heterocycles. The van der Waals surface area contributed by atoms with E-state index >= 15 is 0 Å². The van der Waals surface area contributed by atoms with E-state index in [1.807, 2.05) is 12.1 Å². The Bertz CT molecular complexity index is 342. The van der Waals surface area contributed by atoms with E-state index in [-0.39, 0.29) is 0 Å². The topological polar surface area (TPSA) is 46.3 Å². The van der Waals surface area contributed by atoms with Crippen LogP contribution in [0.15, 0.2) is 34.5 Å². The highest BCUT2D eigenvalue weighted by molar-refractivity contribution is 7.09. The average molecular weight is 195 g/mol. The van der Waals surface area contributed by atoms with Gasteiger partial charge in [0.1, 0.15) is 5.76 Å². The molecule has 0 radical (unpaired) electrons. The van der Waals surface area contributed by atoms with Gasteiger partial charge in [0.2, 0.25) is 0 Å². The summed E-state index contributed by atoms with van der Waals surface area (Å²) in [6.07, 6.45) is 3.29. The second-order valence-corrected chi connectivity index (χ2v) is 3.62. The number of aromatic nitrogens is 1. The van der Waals surface area contributed by atoms with E-state index in [0.29, 0.717) is 6.42 Å². The quantitative estimate of drug-likeness (QED) is 0.814. The van der Waals surface area contributed by atoms with Gasteiger partial charge in [-0.2, -0.15) is 0 Å². The molecule has 0 aromatic carbocycles. The van der Waals surface area contributed by atoms with E-state index in [1.54, 1.807) is 18.0 Å². The molecule has 3 nitrogen and oxygen atoms in total. The van der Waals surface area contributed by atoms with E-state index in [4.69, 9.17) is 4.42 Å². The molecule has 2 heterocycles. The number of aliphatic hydroxyl groups is 1. The molecule has 2 aromatic rings. The highest BCUT2D eigenvalue weighted by atomic mass is 32.1. The minimum Gasteiger partial charge on any atom is -0.469 e. The SMILES string of the molecule is OC(Cc1ccco1)c1cncs1. The minimum atomic E-state index is -0.501. The van der Waals surface area contributed by atoms with Gasteiger partial charge in [0, 0.05) is 12.6 Å². The van der Waals surface area contributed by atoms with Crippen molar-refractivity contribution in [2.24, 2.45) is 0 Å². The molecule has 2 rings (SSSR count). The minimum absolute atomic E-state index is 0.501. The smallest absolute Gasteiger partial charge is 0.106 e. The lowest BCUT2D eigenvalue weighted by atomic mass is 10.2. The monoisotopic (exact) mass is 195 g/mol. The van der Waals surface area contributed by atoms with Gasteiger partial charge in [0.15, 0.2) is 0 Å². The Labute approximate surface area is 79.7 Å². The summed E-state index contributed by atoms with van der Waals surface area (Å²) in [5.41, 5.74) is 1.71. The van der Waals surface area contributed by atoms with Crippen LogP contribution in [0.25, 0.3) is 0 Å². The van der Waals surface area contributed by atoms with Crippen molar-refractivity contribution in [2.75, 3.05) is 0 Å². The van der Waals surface area contributed by atoms with Gasteiger partial charge >= 0.3 is 0 Å². The zero-order valence-electron chi connectivity index (χ0n) is 6.88. The second-order valence-electron chi connectivity index (χ2n) is 2.70. The Balaban J connectivity index is 2.04. The number of hydrogen-bond acceptors (Lipinski definition) is 4. The van der Waals surface area contributed by atoms with Crippen molar-refractivity contribution in [1.82, 2.24) is 4.98 Å². The summed E-state index contributed by atoms with van der Waals surface area (Å²) in [7, 11) is 0. The van der Waals surface area contributed by atoms with E-state index in [2.05, 4.69) is 4.98 Å². The van der Waals surface area contributed by atoms with Crippen molar-refractivity contribution in [2.45, 2.75) is 12.5 Å². The van der Waals surface area contributed by atoms with Gasteiger partial charge in [0.25, 0.3) is 0 Å². The number of nitrogens with zero attached hydrogens (tertiary/aromatic N) is 1. The van der Waals surface area contributed by atoms with Crippen LogP contribution in [0.1, 0.15) is 16.7 Å². The molecule has 1 unspecified atom stereocenters. The van der Waals surface area contributed by atoms with Gasteiger partial charge in [0.05, 0.1) is 22.8 Å². The third-order valence-electron chi connectivity index (χ3n) is 1.75. The van der Waals surface area contributed by atoms with Crippen LogP contribution >= 0.6 is 11.3 Å². The van der Waals surface area contributed by atoms with Gasteiger partial charge in [-0.25, -0.2) is 0 Å². The summed E-state index contributed by atoms with van der Waals surface area (Å²) in [6.45, 7) is 0. The maximum absolute atomic E-state index is 9.69. The van der Waals surface area contributed by atoms with Crippen LogP contribution in [0, 0.1) is 0 Å². The van der Waals surface area contributed by atoms with E-state index in [0.717, 1.165) is 10.6 Å². The highest BCUT2D eigenvalue weighted by Crippen LogP contribution is 2.21. The Morgan fingerprint density at radius 3 is 3.15 bits per heavy atom. The molecule has 0 aliphatic rings. The van der Waals surface area contributed by atoms with Gasteiger partial charge in [-0.3, -0.25) is 4.98 Å². The molecule has 0 aliphatic carbocycles. The molecule has 0 saturated carbocycles. The summed E-state index contributed by atoms with van der Waals surface area (Å²) >= 11 is 1.45. The molecule has 1 N–H and O–H groups in total. The molecule has 68 valence electrons. The van der Waals surface area contributed by atoms with Crippen LogP contribution in [0.4, 0.5) is 0 Å². The standard InChI is InChI=1S/C9H9NO2S/c11-8(9-5-10-6-13-9)4-7-2-1-3-12-7/h1-3,5-6,8,11H,4H2. The van der Waals surface area contributed by atoms with Gasteiger partial charge in [-0.1, -0.05) is 0 Å².